The molecule has 0 spiro atoms. The van der Waals surface area contributed by atoms with E-state index in [1.165, 1.54) is 0 Å². The van der Waals surface area contributed by atoms with Gasteiger partial charge in [-0.05, 0) is 13.3 Å². The third kappa shape index (κ3) is 4.06. The smallest absolute Gasteiger partial charge is 0.138 e. The second-order valence-electron chi connectivity index (χ2n) is 6.16. The van der Waals surface area contributed by atoms with Gasteiger partial charge in [-0.25, -0.2) is 9.97 Å². The van der Waals surface area contributed by atoms with Gasteiger partial charge in [-0.2, -0.15) is 0 Å². The summed E-state index contributed by atoms with van der Waals surface area (Å²) < 4.78 is 0. The molecule has 3 N–H and O–H groups in total. The molecule has 0 aromatic carbocycles. The van der Waals surface area contributed by atoms with Crippen LogP contribution in [-0.2, 0) is 5.41 Å². The lowest BCUT2D eigenvalue weighted by Crippen LogP contribution is -2.38. The van der Waals surface area contributed by atoms with Crippen LogP contribution in [0.5, 0.6) is 0 Å². The fourth-order valence-electron chi connectivity index (χ4n) is 1.52. The first-order chi connectivity index (χ1) is 8.74. The Morgan fingerprint density at radius 1 is 1.16 bits per heavy atom. The zero-order valence-electron chi connectivity index (χ0n) is 12.8. The molecule has 1 rings (SSSR count). The van der Waals surface area contributed by atoms with Crippen molar-refractivity contribution < 1.29 is 5.11 Å². The molecule has 1 aromatic rings. The van der Waals surface area contributed by atoms with E-state index in [1.54, 1.807) is 0 Å². The summed E-state index contributed by atoms with van der Waals surface area (Å²) >= 11 is 0. The van der Waals surface area contributed by atoms with E-state index in [9.17, 15) is 5.11 Å². The van der Waals surface area contributed by atoms with Gasteiger partial charge in [0.1, 0.15) is 17.5 Å². The van der Waals surface area contributed by atoms with E-state index in [1.807, 2.05) is 27.0 Å². The molecule has 0 fully saturated rings. The number of hydrogen-bond acceptors (Lipinski definition) is 5. The predicted octanol–water partition coefficient (Wildman–Crippen LogP) is 2.39. The zero-order valence-corrected chi connectivity index (χ0v) is 12.8. The minimum absolute atomic E-state index is 0.0627. The Balaban J connectivity index is 3.14. The van der Waals surface area contributed by atoms with Crippen LogP contribution in [0.15, 0.2) is 6.07 Å². The zero-order chi connectivity index (χ0) is 14.7. The number of aromatic nitrogens is 2. The Kier molecular flexibility index (Phi) is 4.74. The Labute approximate surface area is 115 Å². The van der Waals surface area contributed by atoms with Gasteiger partial charge in [0.05, 0.1) is 12.1 Å². The Morgan fingerprint density at radius 2 is 1.74 bits per heavy atom. The van der Waals surface area contributed by atoms with Crippen molar-refractivity contribution in [2.75, 3.05) is 24.3 Å². The number of nitrogens with one attached hydrogen (secondary N) is 2. The molecule has 0 saturated carbocycles. The van der Waals surface area contributed by atoms with Gasteiger partial charge < -0.3 is 15.7 Å². The molecule has 0 bridgehead atoms. The molecule has 19 heavy (non-hydrogen) atoms. The summed E-state index contributed by atoms with van der Waals surface area (Å²) in [6.07, 6.45) is 0.813. The molecule has 0 amide bonds. The van der Waals surface area contributed by atoms with Gasteiger partial charge in [-0.15, -0.1) is 0 Å². The van der Waals surface area contributed by atoms with Crippen molar-refractivity contribution in [1.29, 1.82) is 0 Å². The average Bonchev–Trinajstić information content (AvgIpc) is 2.37. The summed E-state index contributed by atoms with van der Waals surface area (Å²) in [5.41, 5.74) is -0.486. The Hall–Kier alpha value is -1.36. The van der Waals surface area contributed by atoms with E-state index >= 15 is 0 Å². The van der Waals surface area contributed by atoms with Crippen molar-refractivity contribution in [3.63, 3.8) is 0 Å². The van der Waals surface area contributed by atoms with Crippen molar-refractivity contribution in [1.82, 2.24) is 9.97 Å². The normalized spacial score (nSPS) is 14.9. The minimum Gasteiger partial charge on any atom is -0.394 e. The number of anilines is 2. The summed E-state index contributed by atoms with van der Waals surface area (Å²) in [6, 6.07) is 1.86. The summed E-state index contributed by atoms with van der Waals surface area (Å²) in [4.78, 5) is 9.04. The molecule has 108 valence electrons. The lowest BCUT2D eigenvalue weighted by molar-refractivity contribution is 0.218. The molecule has 5 heteroatoms. The molecule has 0 aliphatic heterocycles. The minimum atomic E-state index is -0.367. The quantitative estimate of drug-likeness (QED) is 0.763. The summed E-state index contributed by atoms with van der Waals surface area (Å²) in [7, 11) is 1.84. The second-order valence-corrected chi connectivity index (χ2v) is 6.16. The van der Waals surface area contributed by atoms with Crippen LogP contribution in [0.3, 0.4) is 0 Å². The number of hydrogen-bond donors (Lipinski definition) is 3. The maximum atomic E-state index is 9.48. The first-order valence-corrected chi connectivity index (χ1v) is 6.70. The number of rotatable bonds is 5. The Morgan fingerprint density at radius 3 is 2.16 bits per heavy atom. The van der Waals surface area contributed by atoms with Gasteiger partial charge in [-0.1, -0.05) is 27.7 Å². The SMILES string of the molecule is CCC(C)(CO)Nc1cc(NC)nc(C(C)(C)C)n1. The van der Waals surface area contributed by atoms with Crippen LogP contribution in [0.4, 0.5) is 11.6 Å². The molecular weight excluding hydrogens is 240 g/mol. The van der Waals surface area contributed by atoms with E-state index in [0.29, 0.717) is 0 Å². The first-order valence-electron chi connectivity index (χ1n) is 6.70. The highest BCUT2D eigenvalue weighted by Crippen LogP contribution is 2.24. The summed E-state index contributed by atoms with van der Waals surface area (Å²) in [6.45, 7) is 10.3. The highest BCUT2D eigenvalue weighted by Gasteiger charge is 2.24. The van der Waals surface area contributed by atoms with E-state index < -0.39 is 0 Å². The maximum absolute atomic E-state index is 9.48. The summed E-state index contributed by atoms with van der Waals surface area (Å²) in [5.74, 6) is 2.29. The largest absolute Gasteiger partial charge is 0.394 e. The van der Waals surface area contributed by atoms with Gasteiger partial charge in [0, 0.05) is 18.5 Å². The molecule has 0 saturated heterocycles. The van der Waals surface area contributed by atoms with Gasteiger partial charge in [0.2, 0.25) is 0 Å². The van der Waals surface area contributed by atoms with Crippen LogP contribution in [0.25, 0.3) is 0 Å². The van der Waals surface area contributed by atoms with Gasteiger partial charge >= 0.3 is 0 Å². The standard InChI is InChI=1S/C14H26N4O/c1-7-14(5,9-19)18-11-8-10(15-6)16-12(17-11)13(2,3)4/h8,19H,7,9H2,1-6H3,(H2,15,16,17,18). The molecule has 1 aromatic heterocycles. The lowest BCUT2D eigenvalue weighted by Gasteiger charge is -2.29. The molecule has 1 heterocycles. The molecular formula is C14H26N4O. The molecule has 0 radical (unpaired) electrons. The number of nitrogens with zero attached hydrogens (tertiary/aromatic N) is 2. The molecule has 0 aliphatic rings. The van der Waals surface area contributed by atoms with E-state index in [0.717, 1.165) is 23.9 Å². The van der Waals surface area contributed by atoms with E-state index in [2.05, 4.69) is 41.4 Å². The van der Waals surface area contributed by atoms with Crippen LogP contribution >= 0.6 is 0 Å². The van der Waals surface area contributed by atoms with Crippen molar-refractivity contribution in [3.8, 4) is 0 Å². The van der Waals surface area contributed by atoms with Crippen molar-refractivity contribution in [2.24, 2.45) is 0 Å². The van der Waals surface area contributed by atoms with E-state index in [4.69, 9.17) is 0 Å². The fourth-order valence-corrected chi connectivity index (χ4v) is 1.52. The monoisotopic (exact) mass is 266 g/mol. The van der Waals surface area contributed by atoms with Crippen LogP contribution < -0.4 is 10.6 Å². The van der Waals surface area contributed by atoms with Gasteiger partial charge in [0.25, 0.3) is 0 Å². The summed E-state index contributed by atoms with van der Waals surface area (Å²) in [5, 5.41) is 15.8. The van der Waals surface area contributed by atoms with Gasteiger partial charge in [0.15, 0.2) is 0 Å². The van der Waals surface area contributed by atoms with Gasteiger partial charge in [-0.3, -0.25) is 0 Å². The van der Waals surface area contributed by atoms with Crippen molar-refractivity contribution in [2.45, 2.75) is 52.0 Å². The molecule has 5 nitrogen and oxygen atoms in total. The van der Waals surface area contributed by atoms with Crippen LogP contribution in [0, 0.1) is 0 Å². The molecule has 1 atom stereocenters. The van der Waals surface area contributed by atoms with Crippen LogP contribution in [0.2, 0.25) is 0 Å². The van der Waals surface area contributed by atoms with Crippen LogP contribution in [-0.4, -0.2) is 34.3 Å². The first kappa shape index (κ1) is 15.7. The van der Waals surface area contributed by atoms with E-state index in [-0.39, 0.29) is 17.6 Å². The van der Waals surface area contributed by atoms with Crippen molar-refractivity contribution in [3.05, 3.63) is 11.9 Å². The maximum Gasteiger partial charge on any atom is 0.138 e. The third-order valence-corrected chi connectivity index (χ3v) is 3.21. The Bertz CT molecular complexity index is 422. The molecule has 1 unspecified atom stereocenters. The second kappa shape index (κ2) is 5.74. The third-order valence-electron chi connectivity index (χ3n) is 3.21. The fraction of sp³-hybridized carbons (Fsp3) is 0.714. The van der Waals surface area contributed by atoms with Crippen molar-refractivity contribution >= 4 is 11.6 Å². The highest BCUT2D eigenvalue weighted by molar-refractivity contribution is 5.49. The highest BCUT2D eigenvalue weighted by atomic mass is 16.3. The average molecular weight is 266 g/mol. The number of aliphatic hydroxyl groups excluding tert-OH is 1. The molecule has 0 aliphatic carbocycles. The number of aliphatic hydroxyl groups is 1. The topological polar surface area (TPSA) is 70.1 Å². The predicted molar refractivity (Wildman–Crippen MR) is 79.7 cm³/mol. The lowest BCUT2D eigenvalue weighted by atomic mass is 9.95. The van der Waals surface area contributed by atoms with Crippen LogP contribution in [0.1, 0.15) is 46.9 Å².